The molecule has 0 unspecified atom stereocenters. The van der Waals surface area contributed by atoms with Crippen LogP contribution in [0.2, 0.25) is 0 Å². The van der Waals surface area contributed by atoms with Crippen LogP contribution in [0.25, 0.3) is 0 Å². The van der Waals surface area contributed by atoms with Crippen LogP contribution in [0.4, 0.5) is 4.39 Å². The average Bonchev–Trinajstić information content (AvgIpc) is 2.46. The van der Waals surface area contributed by atoms with Gasteiger partial charge in [-0.15, -0.1) is 0 Å². The van der Waals surface area contributed by atoms with Gasteiger partial charge in [-0.25, -0.2) is 4.39 Å². The van der Waals surface area contributed by atoms with E-state index in [0.717, 1.165) is 0 Å². The zero-order chi connectivity index (χ0) is 15.8. The molecule has 1 rings (SSSR count). The number of methoxy groups -OCH3 is 1. The van der Waals surface area contributed by atoms with Gasteiger partial charge in [0, 0.05) is 13.7 Å². The number of benzene rings is 1. The molecule has 1 aromatic rings. The van der Waals surface area contributed by atoms with Crippen molar-refractivity contribution in [3.63, 3.8) is 0 Å². The monoisotopic (exact) mass is 361 g/mol. The van der Waals surface area contributed by atoms with Gasteiger partial charge in [-0.1, -0.05) is 6.07 Å². The lowest BCUT2D eigenvalue weighted by Gasteiger charge is -2.21. The molecule has 0 saturated heterocycles. The molecule has 21 heavy (non-hydrogen) atoms. The summed E-state index contributed by atoms with van der Waals surface area (Å²) in [5, 5.41) is 0. The third kappa shape index (κ3) is 5.09. The quantitative estimate of drug-likeness (QED) is 0.699. The third-order valence-corrected chi connectivity index (χ3v) is 3.27. The van der Waals surface area contributed by atoms with Gasteiger partial charge in [-0.3, -0.25) is 9.59 Å². The molecule has 0 heterocycles. The van der Waals surface area contributed by atoms with Gasteiger partial charge in [0.1, 0.15) is 12.4 Å². The number of carbonyl (C=O) groups is 2. The van der Waals surface area contributed by atoms with Gasteiger partial charge in [0.15, 0.2) is 0 Å². The van der Waals surface area contributed by atoms with E-state index in [2.05, 4.69) is 15.9 Å². The number of esters is 1. The van der Waals surface area contributed by atoms with Crippen molar-refractivity contribution in [3.8, 4) is 0 Å². The van der Waals surface area contributed by atoms with Gasteiger partial charge in [0.25, 0.3) is 5.91 Å². The molecule has 0 spiro atoms. The van der Waals surface area contributed by atoms with E-state index < -0.39 is 17.7 Å². The van der Waals surface area contributed by atoms with E-state index in [9.17, 15) is 14.0 Å². The standard InChI is InChI=1S/C14H17BrFNO4/c1-3-21-12(18)9-17(7-8-20-2)14(19)10-5-4-6-11(15)13(10)16/h4-6H,3,7-9H2,1-2H3. The highest BCUT2D eigenvalue weighted by Crippen LogP contribution is 2.20. The van der Waals surface area contributed by atoms with Crippen molar-refractivity contribution >= 4 is 27.8 Å². The van der Waals surface area contributed by atoms with Gasteiger partial charge >= 0.3 is 5.97 Å². The zero-order valence-corrected chi connectivity index (χ0v) is 13.5. The average molecular weight is 362 g/mol. The molecule has 0 aliphatic heterocycles. The minimum Gasteiger partial charge on any atom is -0.465 e. The van der Waals surface area contributed by atoms with Gasteiger partial charge in [0.05, 0.1) is 23.2 Å². The Hall–Kier alpha value is -1.47. The highest BCUT2D eigenvalue weighted by atomic mass is 79.9. The molecular weight excluding hydrogens is 345 g/mol. The van der Waals surface area contributed by atoms with Crippen LogP contribution in [0.5, 0.6) is 0 Å². The Morgan fingerprint density at radius 3 is 2.71 bits per heavy atom. The van der Waals surface area contributed by atoms with Crippen LogP contribution < -0.4 is 0 Å². The molecule has 0 aliphatic rings. The number of carbonyl (C=O) groups excluding carboxylic acids is 2. The molecule has 1 aromatic carbocycles. The first kappa shape index (κ1) is 17.6. The van der Waals surface area contributed by atoms with Crippen LogP contribution in [-0.4, -0.2) is 50.2 Å². The first-order chi connectivity index (χ1) is 10.0. The van der Waals surface area contributed by atoms with Gasteiger partial charge < -0.3 is 14.4 Å². The van der Waals surface area contributed by atoms with E-state index >= 15 is 0 Å². The lowest BCUT2D eigenvalue weighted by Crippen LogP contribution is -2.39. The fourth-order valence-electron chi connectivity index (χ4n) is 1.66. The first-order valence-corrected chi connectivity index (χ1v) is 7.18. The number of ether oxygens (including phenoxy) is 2. The Morgan fingerprint density at radius 1 is 1.38 bits per heavy atom. The van der Waals surface area contributed by atoms with Gasteiger partial charge in [-0.2, -0.15) is 0 Å². The molecule has 0 aliphatic carbocycles. The summed E-state index contributed by atoms with van der Waals surface area (Å²) in [6.45, 7) is 2.05. The van der Waals surface area contributed by atoms with Crippen LogP contribution in [0.1, 0.15) is 17.3 Å². The molecule has 116 valence electrons. The highest BCUT2D eigenvalue weighted by molar-refractivity contribution is 9.10. The predicted octanol–water partition coefficient (Wildman–Crippen LogP) is 2.24. The summed E-state index contributed by atoms with van der Waals surface area (Å²) in [6.07, 6.45) is 0. The minimum atomic E-state index is -0.659. The number of amides is 1. The lowest BCUT2D eigenvalue weighted by molar-refractivity contribution is -0.143. The molecule has 0 aromatic heterocycles. The summed E-state index contributed by atoms with van der Waals surface area (Å²) in [6, 6.07) is 4.42. The molecule has 0 saturated carbocycles. The van der Waals surface area contributed by atoms with E-state index in [1.54, 1.807) is 13.0 Å². The highest BCUT2D eigenvalue weighted by Gasteiger charge is 2.22. The molecular formula is C14H17BrFNO4. The second kappa shape index (κ2) is 8.74. The van der Waals surface area contributed by atoms with Crippen molar-refractivity contribution in [3.05, 3.63) is 34.1 Å². The number of halogens is 2. The molecule has 5 nitrogen and oxygen atoms in total. The molecule has 0 N–H and O–H groups in total. The van der Waals surface area contributed by atoms with Crippen molar-refractivity contribution in [2.75, 3.05) is 33.4 Å². The number of nitrogens with zero attached hydrogens (tertiary/aromatic N) is 1. The summed E-state index contributed by atoms with van der Waals surface area (Å²) in [7, 11) is 1.48. The van der Waals surface area contributed by atoms with Crippen molar-refractivity contribution < 1.29 is 23.5 Å². The Labute approximate surface area is 131 Å². The summed E-state index contributed by atoms with van der Waals surface area (Å²) in [5.74, 6) is -1.79. The summed E-state index contributed by atoms with van der Waals surface area (Å²) in [5.41, 5.74) is -0.107. The summed E-state index contributed by atoms with van der Waals surface area (Å²) in [4.78, 5) is 25.1. The first-order valence-electron chi connectivity index (χ1n) is 6.39. The SMILES string of the molecule is CCOC(=O)CN(CCOC)C(=O)c1cccc(Br)c1F. The minimum absolute atomic E-state index is 0.107. The van der Waals surface area contributed by atoms with Gasteiger partial charge in [0.2, 0.25) is 0 Å². The molecule has 0 fully saturated rings. The van der Waals surface area contributed by atoms with Crippen LogP contribution in [0.3, 0.4) is 0 Å². The maximum atomic E-state index is 14.0. The van der Waals surface area contributed by atoms with E-state index in [1.165, 1.54) is 24.1 Å². The fourth-order valence-corrected chi connectivity index (χ4v) is 2.02. The number of hydrogen-bond acceptors (Lipinski definition) is 4. The predicted molar refractivity (Wildman–Crippen MR) is 78.5 cm³/mol. The normalized spacial score (nSPS) is 10.3. The molecule has 0 radical (unpaired) electrons. The van der Waals surface area contributed by atoms with Crippen molar-refractivity contribution in [1.82, 2.24) is 4.90 Å². The van der Waals surface area contributed by atoms with Crippen LogP contribution in [0, 0.1) is 5.82 Å². The van der Waals surface area contributed by atoms with E-state index in [1.807, 2.05) is 0 Å². The number of hydrogen-bond donors (Lipinski definition) is 0. The second-order valence-electron chi connectivity index (χ2n) is 4.13. The van der Waals surface area contributed by atoms with Crippen molar-refractivity contribution in [2.24, 2.45) is 0 Å². The largest absolute Gasteiger partial charge is 0.465 e. The van der Waals surface area contributed by atoms with Crippen molar-refractivity contribution in [1.29, 1.82) is 0 Å². The molecule has 7 heteroatoms. The fraction of sp³-hybridized carbons (Fsp3) is 0.429. The van der Waals surface area contributed by atoms with Crippen LogP contribution in [-0.2, 0) is 14.3 Å². The van der Waals surface area contributed by atoms with Crippen LogP contribution in [0.15, 0.2) is 22.7 Å². The molecule has 0 atom stereocenters. The Kier molecular flexibility index (Phi) is 7.31. The zero-order valence-electron chi connectivity index (χ0n) is 11.9. The maximum Gasteiger partial charge on any atom is 0.325 e. The lowest BCUT2D eigenvalue weighted by atomic mass is 10.2. The van der Waals surface area contributed by atoms with Gasteiger partial charge in [-0.05, 0) is 35.0 Å². The van der Waals surface area contributed by atoms with E-state index in [4.69, 9.17) is 9.47 Å². The second-order valence-corrected chi connectivity index (χ2v) is 4.98. The summed E-state index contributed by atoms with van der Waals surface area (Å²) < 4.78 is 23.9. The Balaban J connectivity index is 2.93. The van der Waals surface area contributed by atoms with Crippen LogP contribution >= 0.6 is 15.9 Å². The van der Waals surface area contributed by atoms with E-state index in [-0.39, 0.29) is 36.3 Å². The van der Waals surface area contributed by atoms with E-state index in [0.29, 0.717) is 0 Å². The Bertz CT molecular complexity index is 510. The molecule has 1 amide bonds. The topological polar surface area (TPSA) is 55.8 Å². The molecule has 0 bridgehead atoms. The smallest absolute Gasteiger partial charge is 0.325 e. The number of rotatable bonds is 7. The summed E-state index contributed by atoms with van der Waals surface area (Å²) >= 11 is 3.03. The van der Waals surface area contributed by atoms with Crippen molar-refractivity contribution in [2.45, 2.75) is 6.92 Å². The maximum absolute atomic E-state index is 14.0. The Morgan fingerprint density at radius 2 is 2.10 bits per heavy atom. The third-order valence-electron chi connectivity index (χ3n) is 2.66.